The molecule has 0 aliphatic rings. The lowest BCUT2D eigenvalue weighted by Crippen LogP contribution is -2.11. The smallest absolute Gasteiger partial charge is 0.266 e. The number of halogens is 1. The molecule has 0 saturated carbocycles. The molecule has 0 spiro atoms. The van der Waals surface area contributed by atoms with Gasteiger partial charge in [-0.15, -0.1) is 11.3 Å². The Morgan fingerprint density at radius 3 is 2.82 bits per heavy atom. The van der Waals surface area contributed by atoms with Crippen molar-refractivity contribution in [2.24, 2.45) is 0 Å². The summed E-state index contributed by atoms with van der Waals surface area (Å²) in [6.07, 6.45) is 0. The summed E-state index contributed by atoms with van der Waals surface area (Å²) in [6.45, 7) is 1.81. The molecule has 1 amide bonds. The third-order valence-corrected chi connectivity index (χ3v) is 4.91. The normalized spacial score (nSPS) is 10.6. The predicted molar refractivity (Wildman–Crippen MR) is 88.3 cm³/mol. The van der Waals surface area contributed by atoms with Crippen LogP contribution in [0.4, 0.5) is 5.69 Å². The van der Waals surface area contributed by atoms with Crippen molar-refractivity contribution in [1.82, 2.24) is 5.16 Å². The second-order valence-electron chi connectivity index (χ2n) is 4.55. The quantitative estimate of drug-likeness (QED) is 0.660. The monoisotopic (exact) mass is 378 g/mol. The lowest BCUT2D eigenvalue weighted by molar-refractivity contribution is 0.103. The summed E-state index contributed by atoms with van der Waals surface area (Å²) in [4.78, 5) is 12.9. The maximum Gasteiger partial charge on any atom is 0.266 e. The molecule has 0 atom stereocenters. The van der Waals surface area contributed by atoms with Crippen LogP contribution in [0.25, 0.3) is 11.3 Å². The molecule has 0 bridgehead atoms. The third kappa shape index (κ3) is 2.65. The number of aromatic nitrogens is 1. The molecule has 112 valence electrons. The van der Waals surface area contributed by atoms with E-state index in [1.54, 1.807) is 29.6 Å². The fraction of sp³-hybridized carbons (Fsp3) is 0.0667. The molecule has 2 heterocycles. The Kier molecular flexibility index (Phi) is 4.00. The molecule has 2 N–H and O–H groups in total. The minimum Gasteiger partial charge on any atom is -0.506 e. The first-order valence-corrected chi connectivity index (χ1v) is 8.04. The number of aromatic hydroxyl groups is 1. The van der Waals surface area contributed by atoms with Crippen LogP contribution in [0.2, 0.25) is 0 Å². The third-order valence-electron chi connectivity index (χ3n) is 3.06. The van der Waals surface area contributed by atoms with E-state index in [4.69, 9.17) is 4.52 Å². The predicted octanol–water partition coefficient (Wildman–Crippen LogP) is 4.43. The van der Waals surface area contributed by atoms with Crippen LogP contribution in [0.5, 0.6) is 5.75 Å². The first kappa shape index (κ1) is 14.8. The maximum absolute atomic E-state index is 12.5. The van der Waals surface area contributed by atoms with Gasteiger partial charge in [-0.05, 0) is 46.4 Å². The van der Waals surface area contributed by atoms with E-state index in [1.807, 2.05) is 6.92 Å². The molecule has 0 aliphatic carbocycles. The SMILES string of the molecule is Cc1noc(-c2ccsc2C(=O)Nc2ccccc2O)c1Br. The number of carbonyl (C=O) groups is 1. The standard InChI is InChI=1S/C15H11BrN2O3S/c1-8-12(16)13(21-18-8)9-6-7-22-14(9)15(20)17-10-4-2-3-5-11(10)19/h2-7,19H,1H3,(H,17,20). The first-order chi connectivity index (χ1) is 10.6. The molecule has 2 aromatic heterocycles. The molecule has 3 aromatic rings. The topological polar surface area (TPSA) is 75.4 Å². The number of aryl methyl sites for hydroxylation is 1. The molecular formula is C15H11BrN2O3S. The van der Waals surface area contributed by atoms with Gasteiger partial charge in [-0.3, -0.25) is 4.79 Å². The van der Waals surface area contributed by atoms with E-state index in [0.29, 0.717) is 27.6 Å². The van der Waals surface area contributed by atoms with Crippen molar-refractivity contribution in [3.8, 4) is 17.1 Å². The molecule has 7 heteroatoms. The van der Waals surface area contributed by atoms with E-state index in [0.717, 1.165) is 4.47 Å². The van der Waals surface area contributed by atoms with Gasteiger partial charge in [0.1, 0.15) is 10.6 Å². The zero-order valence-electron chi connectivity index (χ0n) is 11.5. The average Bonchev–Trinajstić information content (AvgIpc) is 3.09. The molecule has 5 nitrogen and oxygen atoms in total. The summed E-state index contributed by atoms with van der Waals surface area (Å²) in [7, 11) is 0. The van der Waals surface area contributed by atoms with Gasteiger partial charge in [-0.25, -0.2) is 0 Å². The van der Waals surface area contributed by atoms with Crippen molar-refractivity contribution in [2.75, 3.05) is 5.32 Å². The zero-order valence-corrected chi connectivity index (χ0v) is 13.9. The summed E-state index contributed by atoms with van der Waals surface area (Å²) in [5, 5.41) is 18.1. The summed E-state index contributed by atoms with van der Waals surface area (Å²) in [6, 6.07) is 8.38. The van der Waals surface area contributed by atoms with Crippen molar-refractivity contribution >= 4 is 38.9 Å². The van der Waals surface area contributed by atoms with E-state index in [-0.39, 0.29) is 11.7 Å². The highest BCUT2D eigenvalue weighted by atomic mass is 79.9. The number of hydrogen-bond acceptors (Lipinski definition) is 5. The first-order valence-electron chi connectivity index (χ1n) is 6.37. The van der Waals surface area contributed by atoms with Gasteiger partial charge in [-0.1, -0.05) is 17.3 Å². The van der Waals surface area contributed by atoms with Gasteiger partial charge in [0.2, 0.25) is 0 Å². The van der Waals surface area contributed by atoms with Gasteiger partial charge < -0.3 is 14.9 Å². The Balaban J connectivity index is 1.94. The van der Waals surface area contributed by atoms with E-state index >= 15 is 0 Å². The lowest BCUT2D eigenvalue weighted by Gasteiger charge is -2.06. The number of amides is 1. The van der Waals surface area contributed by atoms with Crippen molar-refractivity contribution in [3.05, 3.63) is 50.8 Å². The van der Waals surface area contributed by atoms with Crippen LogP contribution < -0.4 is 5.32 Å². The summed E-state index contributed by atoms with van der Waals surface area (Å²) in [5.41, 5.74) is 1.73. The molecule has 1 aromatic carbocycles. The van der Waals surface area contributed by atoms with Gasteiger partial charge >= 0.3 is 0 Å². The fourth-order valence-corrected chi connectivity index (χ4v) is 3.09. The number of hydrogen-bond donors (Lipinski definition) is 2. The highest BCUT2D eigenvalue weighted by Gasteiger charge is 2.21. The summed E-state index contributed by atoms with van der Waals surface area (Å²) in [5.74, 6) is 0.222. The largest absolute Gasteiger partial charge is 0.506 e. The molecular weight excluding hydrogens is 368 g/mol. The Bertz CT molecular complexity index is 841. The maximum atomic E-state index is 12.5. The minimum absolute atomic E-state index is 0.0191. The highest BCUT2D eigenvalue weighted by Crippen LogP contribution is 2.36. The lowest BCUT2D eigenvalue weighted by atomic mass is 10.2. The Hall–Kier alpha value is -2.12. The van der Waals surface area contributed by atoms with Gasteiger partial charge in [0, 0.05) is 5.56 Å². The van der Waals surface area contributed by atoms with Crippen LogP contribution in [-0.4, -0.2) is 16.2 Å². The average molecular weight is 379 g/mol. The number of nitrogens with one attached hydrogen (secondary N) is 1. The molecule has 0 aliphatic heterocycles. The van der Waals surface area contributed by atoms with Crippen molar-refractivity contribution < 1.29 is 14.4 Å². The van der Waals surface area contributed by atoms with Gasteiger partial charge in [0.15, 0.2) is 5.76 Å². The van der Waals surface area contributed by atoms with Crippen molar-refractivity contribution in [3.63, 3.8) is 0 Å². The van der Waals surface area contributed by atoms with E-state index in [2.05, 4.69) is 26.4 Å². The molecule has 0 fully saturated rings. The summed E-state index contributed by atoms with van der Waals surface area (Å²) >= 11 is 4.70. The van der Waals surface area contributed by atoms with Crippen LogP contribution in [0.15, 0.2) is 44.7 Å². The number of thiophene rings is 1. The fourth-order valence-electron chi connectivity index (χ4n) is 1.95. The van der Waals surface area contributed by atoms with Crippen molar-refractivity contribution in [2.45, 2.75) is 6.92 Å². The van der Waals surface area contributed by atoms with E-state index < -0.39 is 0 Å². The number of benzene rings is 1. The highest BCUT2D eigenvalue weighted by molar-refractivity contribution is 9.10. The number of rotatable bonds is 3. The number of carbonyl (C=O) groups excluding carboxylic acids is 1. The molecule has 0 unspecified atom stereocenters. The second kappa shape index (κ2) is 5.94. The molecule has 3 rings (SSSR count). The number of para-hydroxylation sites is 2. The van der Waals surface area contributed by atoms with Crippen LogP contribution in [0.1, 0.15) is 15.4 Å². The van der Waals surface area contributed by atoms with Crippen molar-refractivity contribution in [1.29, 1.82) is 0 Å². The Morgan fingerprint density at radius 2 is 2.14 bits per heavy atom. The van der Waals surface area contributed by atoms with E-state index in [9.17, 15) is 9.90 Å². The number of anilines is 1. The molecule has 0 saturated heterocycles. The zero-order chi connectivity index (χ0) is 15.7. The van der Waals surface area contributed by atoms with Crippen LogP contribution in [-0.2, 0) is 0 Å². The van der Waals surface area contributed by atoms with Crippen LogP contribution in [0, 0.1) is 6.92 Å². The van der Waals surface area contributed by atoms with Crippen LogP contribution >= 0.6 is 27.3 Å². The Labute approximate surface area is 138 Å². The number of phenols is 1. The van der Waals surface area contributed by atoms with Gasteiger partial charge in [-0.2, -0.15) is 0 Å². The van der Waals surface area contributed by atoms with E-state index in [1.165, 1.54) is 17.4 Å². The molecule has 0 radical (unpaired) electrons. The minimum atomic E-state index is -0.313. The van der Waals surface area contributed by atoms with Gasteiger partial charge in [0.05, 0.1) is 15.9 Å². The summed E-state index contributed by atoms with van der Waals surface area (Å²) < 4.78 is 6.01. The number of nitrogens with zero attached hydrogens (tertiary/aromatic N) is 1. The number of phenolic OH excluding ortho intramolecular Hbond substituents is 1. The Morgan fingerprint density at radius 1 is 1.36 bits per heavy atom. The van der Waals surface area contributed by atoms with Gasteiger partial charge in [0.25, 0.3) is 5.91 Å². The second-order valence-corrected chi connectivity index (χ2v) is 6.25. The molecule has 22 heavy (non-hydrogen) atoms. The van der Waals surface area contributed by atoms with Crippen LogP contribution in [0.3, 0.4) is 0 Å².